The van der Waals surface area contributed by atoms with Gasteiger partial charge in [0.15, 0.2) is 0 Å². The minimum Gasteiger partial charge on any atom is -0.497 e. The van der Waals surface area contributed by atoms with Crippen LogP contribution in [0.4, 0.5) is 0 Å². The molecule has 1 aromatic rings. The van der Waals surface area contributed by atoms with Gasteiger partial charge in [-0.1, -0.05) is 18.6 Å². The van der Waals surface area contributed by atoms with Crippen molar-refractivity contribution >= 4 is 0 Å². The molecule has 1 N–H and O–H groups in total. The molecule has 1 heterocycles. The molecule has 1 aliphatic heterocycles. The van der Waals surface area contributed by atoms with Gasteiger partial charge in [0.2, 0.25) is 0 Å². The molecule has 3 nitrogen and oxygen atoms in total. The predicted octanol–water partition coefficient (Wildman–Crippen LogP) is 2.06. The van der Waals surface area contributed by atoms with Gasteiger partial charge >= 0.3 is 0 Å². The van der Waals surface area contributed by atoms with E-state index in [4.69, 9.17) is 4.74 Å². The number of rotatable bonds is 4. The number of nitrogens with zero attached hydrogens (tertiary/aromatic N) is 1. The molecule has 104 valence electrons. The number of fused-ring (bicyclic) bond motifs is 1. The van der Waals surface area contributed by atoms with Crippen molar-refractivity contribution in [2.24, 2.45) is 0 Å². The van der Waals surface area contributed by atoms with E-state index in [-0.39, 0.29) is 0 Å². The van der Waals surface area contributed by atoms with Gasteiger partial charge in [-0.3, -0.25) is 4.90 Å². The van der Waals surface area contributed by atoms with Gasteiger partial charge in [-0.15, -0.1) is 0 Å². The van der Waals surface area contributed by atoms with Crippen LogP contribution in [0.5, 0.6) is 5.75 Å². The lowest BCUT2D eigenvalue weighted by molar-refractivity contribution is 0.138. The molecular formula is C16H24N2O. The van der Waals surface area contributed by atoms with E-state index < -0.39 is 0 Å². The van der Waals surface area contributed by atoms with Crippen LogP contribution >= 0.6 is 0 Å². The van der Waals surface area contributed by atoms with Crippen molar-refractivity contribution < 1.29 is 4.74 Å². The Morgan fingerprint density at radius 3 is 2.89 bits per heavy atom. The summed E-state index contributed by atoms with van der Waals surface area (Å²) < 4.78 is 5.20. The van der Waals surface area contributed by atoms with Gasteiger partial charge < -0.3 is 10.1 Å². The van der Waals surface area contributed by atoms with Crippen LogP contribution in [-0.4, -0.2) is 43.7 Å². The van der Waals surface area contributed by atoms with Gasteiger partial charge in [0.1, 0.15) is 5.75 Å². The van der Waals surface area contributed by atoms with E-state index >= 15 is 0 Å². The Hall–Kier alpha value is -1.06. The second kappa shape index (κ2) is 5.93. The third-order valence-electron chi connectivity index (χ3n) is 4.60. The molecule has 2 aliphatic rings. The van der Waals surface area contributed by atoms with Gasteiger partial charge in [0.25, 0.3) is 0 Å². The summed E-state index contributed by atoms with van der Waals surface area (Å²) in [5.74, 6) is 0.946. The monoisotopic (exact) mass is 260 g/mol. The fourth-order valence-corrected chi connectivity index (χ4v) is 3.52. The predicted molar refractivity (Wildman–Crippen MR) is 77.7 cm³/mol. The minimum absolute atomic E-state index is 0.754. The van der Waals surface area contributed by atoms with E-state index in [9.17, 15) is 0 Å². The van der Waals surface area contributed by atoms with E-state index in [1.807, 2.05) is 0 Å². The van der Waals surface area contributed by atoms with Gasteiger partial charge in [0, 0.05) is 31.7 Å². The summed E-state index contributed by atoms with van der Waals surface area (Å²) in [7, 11) is 1.72. The smallest absolute Gasteiger partial charge is 0.118 e. The lowest BCUT2D eigenvalue weighted by Crippen LogP contribution is -2.55. The van der Waals surface area contributed by atoms with E-state index in [0.717, 1.165) is 30.8 Å². The molecule has 0 unspecified atom stereocenters. The van der Waals surface area contributed by atoms with Crippen molar-refractivity contribution in [2.45, 2.75) is 37.8 Å². The van der Waals surface area contributed by atoms with Crippen LogP contribution in [0, 0.1) is 0 Å². The lowest BCUT2D eigenvalue weighted by atomic mass is 10.1. The van der Waals surface area contributed by atoms with Crippen LogP contribution in [0.3, 0.4) is 0 Å². The Morgan fingerprint density at radius 2 is 2.11 bits per heavy atom. The Morgan fingerprint density at radius 1 is 1.26 bits per heavy atom. The highest BCUT2D eigenvalue weighted by atomic mass is 16.5. The Labute approximate surface area is 115 Å². The third kappa shape index (κ3) is 2.93. The Kier molecular flexibility index (Phi) is 4.04. The first kappa shape index (κ1) is 12.9. The number of hydrogen-bond donors (Lipinski definition) is 1. The second-order valence-electron chi connectivity index (χ2n) is 5.69. The molecule has 1 aliphatic carbocycles. The highest BCUT2D eigenvalue weighted by Crippen LogP contribution is 2.26. The first-order valence-corrected chi connectivity index (χ1v) is 7.47. The molecule has 2 atom stereocenters. The van der Waals surface area contributed by atoms with Crippen LogP contribution in [0.15, 0.2) is 24.3 Å². The van der Waals surface area contributed by atoms with Gasteiger partial charge in [-0.25, -0.2) is 0 Å². The van der Waals surface area contributed by atoms with E-state index in [1.54, 1.807) is 7.11 Å². The van der Waals surface area contributed by atoms with Crippen molar-refractivity contribution in [3.8, 4) is 5.75 Å². The topological polar surface area (TPSA) is 24.5 Å². The molecule has 1 saturated carbocycles. The maximum absolute atomic E-state index is 5.20. The number of piperazine rings is 1. The fraction of sp³-hybridized carbons (Fsp3) is 0.625. The van der Waals surface area contributed by atoms with Crippen LogP contribution in [0.25, 0.3) is 0 Å². The number of hydrogen-bond acceptors (Lipinski definition) is 3. The number of benzene rings is 1. The average molecular weight is 260 g/mol. The number of ether oxygens (including phenoxy) is 1. The van der Waals surface area contributed by atoms with Crippen molar-refractivity contribution in [1.82, 2.24) is 10.2 Å². The molecule has 1 aromatic carbocycles. The van der Waals surface area contributed by atoms with E-state index in [0.29, 0.717) is 0 Å². The summed E-state index contributed by atoms with van der Waals surface area (Å²) in [6.07, 6.45) is 5.28. The number of methoxy groups -OCH3 is 1. The van der Waals surface area contributed by atoms with Crippen LogP contribution < -0.4 is 10.1 Å². The maximum Gasteiger partial charge on any atom is 0.118 e. The van der Waals surface area contributed by atoms with Crippen LogP contribution in [0.1, 0.15) is 24.8 Å². The summed E-state index contributed by atoms with van der Waals surface area (Å²) in [6, 6.07) is 10.0. The summed E-state index contributed by atoms with van der Waals surface area (Å²) in [5.41, 5.74) is 1.41. The molecule has 0 radical (unpaired) electrons. The van der Waals surface area contributed by atoms with Crippen molar-refractivity contribution in [1.29, 1.82) is 0 Å². The van der Waals surface area contributed by atoms with Gasteiger partial charge in [-0.05, 0) is 37.0 Å². The second-order valence-corrected chi connectivity index (χ2v) is 5.69. The van der Waals surface area contributed by atoms with Crippen LogP contribution in [0.2, 0.25) is 0 Å². The van der Waals surface area contributed by atoms with Crippen molar-refractivity contribution in [2.75, 3.05) is 26.7 Å². The quantitative estimate of drug-likeness (QED) is 0.897. The molecular weight excluding hydrogens is 236 g/mol. The summed E-state index contributed by atoms with van der Waals surface area (Å²) in [6.45, 7) is 3.55. The zero-order valence-corrected chi connectivity index (χ0v) is 11.8. The maximum atomic E-state index is 5.20. The molecule has 3 rings (SSSR count). The standard InChI is InChI=1S/C16H24N2O/c1-19-14-7-5-13(6-8-14)9-11-18-12-10-17-15-3-2-4-16(15)18/h5-8,15-17H,2-4,9-12H2,1H3/t15-,16-/m1/s1. The highest BCUT2D eigenvalue weighted by Gasteiger charge is 2.34. The molecule has 3 heteroatoms. The van der Waals surface area contributed by atoms with E-state index in [2.05, 4.69) is 34.5 Å². The molecule has 19 heavy (non-hydrogen) atoms. The first-order valence-electron chi connectivity index (χ1n) is 7.47. The molecule has 0 spiro atoms. The lowest BCUT2D eigenvalue weighted by Gasteiger charge is -2.38. The van der Waals surface area contributed by atoms with Crippen molar-refractivity contribution in [3.05, 3.63) is 29.8 Å². The zero-order valence-electron chi connectivity index (χ0n) is 11.8. The van der Waals surface area contributed by atoms with E-state index in [1.165, 1.54) is 37.9 Å². The molecule has 1 saturated heterocycles. The van der Waals surface area contributed by atoms with Gasteiger partial charge in [-0.2, -0.15) is 0 Å². The van der Waals surface area contributed by atoms with Crippen molar-refractivity contribution in [3.63, 3.8) is 0 Å². The SMILES string of the molecule is COc1ccc(CCN2CCN[C@@H]3CCC[C@H]32)cc1. The normalized spacial score (nSPS) is 27.2. The zero-order chi connectivity index (χ0) is 13.1. The first-order chi connectivity index (χ1) is 9.36. The average Bonchev–Trinajstić information content (AvgIpc) is 2.94. The fourth-order valence-electron chi connectivity index (χ4n) is 3.52. The third-order valence-corrected chi connectivity index (χ3v) is 4.60. The van der Waals surface area contributed by atoms with Crippen LogP contribution in [-0.2, 0) is 6.42 Å². The molecule has 0 bridgehead atoms. The summed E-state index contributed by atoms with van der Waals surface area (Å²) >= 11 is 0. The summed E-state index contributed by atoms with van der Waals surface area (Å²) in [4.78, 5) is 2.69. The molecule has 2 fully saturated rings. The minimum atomic E-state index is 0.754. The Bertz CT molecular complexity index is 404. The molecule has 0 aromatic heterocycles. The van der Waals surface area contributed by atoms with Gasteiger partial charge in [0.05, 0.1) is 7.11 Å². The largest absolute Gasteiger partial charge is 0.497 e. The highest BCUT2D eigenvalue weighted by molar-refractivity contribution is 5.27. The Balaban J connectivity index is 1.55. The number of nitrogens with one attached hydrogen (secondary N) is 1. The summed E-state index contributed by atoms with van der Waals surface area (Å²) in [5, 5.41) is 3.67. The molecule has 0 amide bonds.